The van der Waals surface area contributed by atoms with Crippen molar-refractivity contribution >= 4 is 27.2 Å². The van der Waals surface area contributed by atoms with Crippen LogP contribution in [0.5, 0.6) is 0 Å². The SMILES string of the molecule is CO.CS(=O)(=O)NC1CCCc2c1c1ccccc1n2Cc1ccccc1C=O. The maximum absolute atomic E-state index is 11.9. The third kappa shape index (κ3) is 4.42. The molecule has 2 N–H and O–H groups in total. The summed E-state index contributed by atoms with van der Waals surface area (Å²) in [6.07, 6.45) is 4.71. The highest BCUT2D eigenvalue weighted by Crippen LogP contribution is 2.38. The number of carbonyl (C=O) groups is 1. The lowest BCUT2D eigenvalue weighted by molar-refractivity contribution is 0.112. The Hall–Kier alpha value is -2.48. The predicted octanol–water partition coefficient (Wildman–Crippen LogP) is 3.04. The molecule has 1 aliphatic rings. The molecular weight excluding hydrogens is 388 g/mol. The van der Waals surface area contributed by atoms with Crippen molar-refractivity contribution in [2.45, 2.75) is 31.8 Å². The molecule has 0 aliphatic heterocycles. The summed E-state index contributed by atoms with van der Waals surface area (Å²) in [7, 11) is -2.30. The molecule has 0 amide bonds. The number of nitrogens with zero attached hydrogens (tertiary/aromatic N) is 1. The minimum absolute atomic E-state index is 0.212. The largest absolute Gasteiger partial charge is 0.400 e. The molecule has 1 unspecified atom stereocenters. The van der Waals surface area contributed by atoms with Crippen LogP contribution in [0.4, 0.5) is 0 Å². The Morgan fingerprint density at radius 2 is 1.83 bits per heavy atom. The maximum Gasteiger partial charge on any atom is 0.209 e. The van der Waals surface area contributed by atoms with E-state index in [0.717, 1.165) is 60.4 Å². The first-order valence-corrected chi connectivity index (χ1v) is 11.4. The van der Waals surface area contributed by atoms with Crippen LogP contribution in [0.1, 0.15) is 46.1 Å². The van der Waals surface area contributed by atoms with Crippen LogP contribution in [-0.4, -0.2) is 37.7 Å². The molecule has 4 rings (SSSR count). The Kier molecular flexibility index (Phi) is 6.52. The average molecular weight is 415 g/mol. The quantitative estimate of drug-likeness (QED) is 0.628. The number of aliphatic hydroxyl groups excluding tert-OH is 1. The molecule has 0 spiro atoms. The zero-order valence-electron chi connectivity index (χ0n) is 16.6. The van der Waals surface area contributed by atoms with Crippen molar-refractivity contribution in [1.82, 2.24) is 9.29 Å². The van der Waals surface area contributed by atoms with Gasteiger partial charge in [-0.1, -0.05) is 42.5 Å². The molecule has 7 heteroatoms. The van der Waals surface area contributed by atoms with Crippen molar-refractivity contribution in [2.75, 3.05) is 13.4 Å². The predicted molar refractivity (Wildman–Crippen MR) is 115 cm³/mol. The van der Waals surface area contributed by atoms with Gasteiger partial charge in [-0.3, -0.25) is 4.79 Å². The van der Waals surface area contributed by atoms with Crippen molar-refractivity contribution in [1.29, 1.82) is 0 Å². The molecule has 0 bridgehead atoms. The van der Waals surface area contributed by atoms with Crippen LogP contribution in [0.15, 0.2) is 48.5 Å². The normalized spacial score (nSPS) is 16.0. The molecule has 2 aromatic carbocycles. The van der Waals surface area contributed by atoms with E-state index in [1.165, 1.54) is 6.26 Å². The zero-order chi connectivity index (χ0) is 21.0. The second kappa shape index (κ2) is 8.90. The molecule has 154 valence electrons. The summed E-state index contributed by atoms with van der Waals surface area (Å²) in [5.41, 5.74) is 4.96. The fourth-order valence-electron chi connectivity index (χ4n) is 4.18. The number of para-hydroxylation sites is 1. The molecule has 0 fully saturated rings. The van der Waals surface area contributed by atoms with Crippen LogP contribution in [0.3, 0.4) is 0 Å². The molecule has 3 aromatic rings. The highest BCUT2D eigenvalue weighted by atomic mass is 32.2. The zero-order valence-corrected chi connectivity index (χ0v) is 17.4. The second-order valence-corrected chi connectivity index (χ2v) is 8.90. The van der Waals surface area contributed by atoms with Gasteiger partial charge in [0.1, 0.15) is 6.29 Å². The number of aromatic nitrogens is 1. The number of carbonyl (C=O) groups excluding carboxylic acids is 1. The highest BCUT2D eigenvalue weighted by molar-refractivity contribution is 7.88. The topological polar surface area (TPSA) is 88.4 Å². The lowest BCUT2D eigenvalue weighted by Crippen LogP contribution is -2.30. The van der Waals surface area contributed by atoms with Gasteiger partial charge >= 0.3 is 0 Å². The number of aldehydes is 1. The lowest BCUT2D eigenvalue weighted by atomic mass is 9.91. The van der Waals surface area contributed by atoms with Crippen LogP contribution >= 0.6 is 0 Å². The van der Waals surface area contributed by atoms with E-state index in [2.05, 4.69) is 21.4 Å². The smallest absolute Gasteiger partial charge is 0.209 e. The standard InChI is InChI=1S/C21H22N2O3S.CH4O/c1-27(25,26)22-18-10-6-12-20-21(18)17-9-4-5-11-19(17)23(20)13-15-7-2-3-8-16(15)14-24;1-2/h2-5,7-9,11,14,18,22H,6,10,12-13H2,1H3;2H,1H3. The first kappa shape index (κ1) is 21.2. The van der Waals surface area contributed by atoms with E-state index < -0.39 is 10.0 Å². The van der Waals surface area contributed by atoms with Gasteiger partial charge in [0.15, 0.2) is 0 Å². The van der Waals surface area contributed by atoms with Gasteiger partial charge in [0.2, 0.25) is 10.0 Å². The number of hydrogen-bond acceptors (Lipinski definition) is 4. The second-order valence-electron chi connectivity index (χ2n) is 7.12. The van der Waals surface area contributed by atoms with Gasteiger partial charge < -0.3 is 9.67 Å². The van der Waals surface area contributed by atoms with E-state index >= 15 is 0 Å². The summed E-state index contributed by atoms with van der Waals surface area (Å²) in [4.78, 5) is 11.4. The van der Waals surface area contributed by atoms with Crippen LogP contribution in [0.2, 0.25) is 0 Å². The van der Waals surface area contributed by atoms with Gasteiger partial charge in [-0.2, -0.15) is 0 Å². The van der Waals surface area contributed by atoms with Gasteiger partial charge in [-0.15, -0.1) is 0 Å². The van der Waals surface area contributed by atoms with Crippen molar-refractivity contribution in [3.63, 3.8) is 0 Å². The van der Waals surface area contributed by atoms with E-state index in [0.29, 0.717) is 12.1 Å². The van der Waals surface area contributed by atoms with Gasteiger partial charge in [0, 0.05) is 41.9 Å². The molecule has 1 heterocycles. The average Bonchev–Trinajstić information content (AvgIpc) is 3.04. The number of benzene rings is 2. The van der Waals surface area contributed by atoms with Crippen molar-refractivity contribution in [3.05, 3.63) is 70.9 Å². The van der Waals surface area contributed by atoms with Gasteiger partial charge in [0.25, 0.3) is 0 Å². The van der Waals surface area contributed by atoms with Crippen molar-refractivity contribution in [3.8, 4) is 0 Å². The lowest BCUT2D eigenvalue weighted by Gasteiger charge is -2.25. The molecule has 0 saturated carbocycles. The number of sulfonamides is 1. The first-order chi connectivity index (χ1) is 14.0. The Balaban J connectivity index is 0.00000117. The van der Waals surface area contributed by atoms with E-state index in [1.54, 1.807) is 0 Å². The minimum Gasteiger partial charge on any atom is -0.400 e. The molecule has 1 aromatic heterocycles. The maximum atomic E-state index is 11.9. The third-order valence-electron chi connectivity index (χ3n) is 5.24. The number of aliphatic hydroxyl groups is 1. The van der Waals surface area contributed by atoms with Crippen molar-refractivity contribution < 1.29 is 18.3 Å². The molecule has 0 saturated heterocycles. The van der Waals surface area contributed by atoms with E-state index in [1.807, 2.05) is 36.4 Å². The monoisotopic (exact) mass is 414 g/mol. The van der Waals surface area contributed by atoms with Crippen LogP contribution in [0, 0.1) is 0 Å². The first-order valence-electron chi connectivity index (χ1n) is 9.53. The molecule has 6 nitrogen and oxygen atoms in total. The Morgan fingerprint density at radius 1 is 1.14 bits per heavy atom. The fraction of sp³-hybridized carbons (Fsp3) is 0.318. The summed E-state index contributed by atoms with van der Waals surface area (Å²) in [5.74, 6) is 0. The van der Waals surface area contributed by atoms with Gasteiger partial charge in [-0.05, 0) is 36.5 Å². The number of rotatable bonds is 5. The Labute approximate surface area is 171 Å². The van der Waals surface area contributed by atoms with E-state index in [-0.39, 0.29) is 6.04 Å². The summed E-state index contributed by atoms with van der Waals surface area (Å²) >= 11 is 0. The number of fused-ring (bicyclic) bond motifs is 3. The minimum atomic E-state index is -3.30. The molecular formula is C22H26N2O4S. The van der Waals surface area contributed by atoms with E-state index in [9.17, 15) is 13.2 Å². The van der Waals surface area contributed by atoms with Crippen LogP contribution in [0.25, 0.3) is 10.9 Å². The van der Waals surface area contributed by atoms with Crippen molar-refractivity contribution in [2.24, 2.45) is 0 Å². The summed E-state index contributed by atoms with van der Waals surface area (Å²) in [6.45, 7) is 0.594. The molecule has 1 atom stereocenters. The fourth-order valence-corrected chi connectivity index (χ4v) is 4.93. The number of hydrogen-bond donors (Lipinski definition) is 2. The molecule has 0 radical (unpaired) electrons. The van der Waals surface area contributed by atoms with Crippen LogP contribution in [-0.2, 0) is 23.0 Å². The van der Waals surface area contributed by atoms with Gasteiger partial charge in [0.05, 0.1) is 6.26 Å². The van der Waals surface area contributed by atoms with Crippen LogP contribution < -0.4 is 4.72 Å². The Morgan fingerprint density at radius 3 is 2.55 bits per heavy atom. The highest BCUT2D eigenvalue weighted by Gasteiger charge is 2.29. The summed E-state index contributed by atoms with van der Waals surface area (Å²) in [5, 5.41) is 8.08. The van der Waals surface area contributed by atoms with E-state index in [4.69, 9.17) is 5.11 Å². The van der Waals surface area contributed by atoms with Gasteiger partial charge in [-0.25, -0.2) is 13.1 Å². The Bertz CT molecular complexity index is 1120. The summed E-state index contributed by atoms with van der Waals surface area (Å²) < 4.78 is 28.8. The third-order valence-corrected chi connectivity index (χ3v) is 5.96. The number of nitrogens with one attached hydrogen (secondary N) is 1. The molecule has 1 aliphatic carbocycles. The molecule has 29 heavy (non-hydrogen) atoms. The summed E-state index contributed by atoms with van der Waals surface area (Å²) in [6, 6.07) is 15.5.